The lowest BCUT2D eigenvalue weighted by molar-refractivity contribution is -0.160. The Morgan fingerprint density at radius 3 is 2.11 bits per heavy atom. The van der Waals surface area contributed by atoms with Crippen molar-refractivity contribution in [2.45, 2.75) is 106 Å². The maximum absolute atomic E-state index is 14.0. The van der Waals surface area contributed by atoms with Gasteiger partial charge < -0.3 is 20.1 Å². The Bertz CT molecular complexity index is 1310. The number of carbonyl (C=O) groups excluding carboxylic acids is 3. The highest BCUT2D eigenvalue weighted by atomic mass is 16.6. The summed E-state index contributed by atoms with van der Waals surface area (Å²) in [5.41, 5.74) is 3.14. The molecule has 0 radical (unpaired) electrons. The number of hydrogen-bond donors (Lipinski definition) is 3. The van der Waals surface area contributed by atoms with Crippen molar-refractivity contribution in [2.24, 2.45) is 17.8 Å². The van der Waals surface area contributed by atoms with E-state index in [4.69, 9.17) is 14.9 Å². The van der Waals surface area contributed by atoms with Crippen LogP contribution in [0.25, 0.3) is 0 Å². The summed E-state index contributed by atoms with van der Waals surface area (Å²) in [5, 5.41) is 12.0. The highest BCUT2D eigenvalue weighted by Crippen LogP contribution is 2.34. The molecular weight excluding hydrogens is 554 g/mol. The minimum Gasteiger partial charge on any atom is -0.460 e. The summed E-state index contributed by atoms with van der Waals surface area (Å²) in [4.78, 5) is 38.8. The number of rotatable bonds is 12. The average molecular weight is 609 g/mol. The van der Waals surface area contributed by atoms with Gasteiger partial charge in [0.2, 0.25) is 5.91 Å². The van der Waals surface area contributed by atoms with Crippen molar-refractivity contribution in [1.82, 2.24) is 5.32 Å². The van der Waals surface area contributed by atoms with Crippen molar-refractivity contribution in [3.05, 3.63) is 64.7 Å². The molecule has 0 saturated carbocycles. The van der Waals surface area contributed by atoms with Gasteiger partial charge in [-0.1, -0.05) is 63.6 Å². The van der Waals surface area contributed by atoms with Gasteiger partial charge in [0.1, 0.15) is 11.2 Å². The number of ether oxygens (including phenoxy) is 2. The van der Waals surface area contributed by atoms with Gasteiger partial charge in [-0.25, -0.2) is 4.79 Å². The Morgan fingerprint density at radius 2 is 1.55 bits per heavy atom. The molecule has 2 aromatic carbocycles. The molecule has 44 heavy (non-hydrogen) atoms. The van der Waals surface area contributed by atoms with E-state index in [2.05, 4.69) is 24.5 Å². The van der Waals surface area contributed by atoms with Crippen molar-refractivity contribution in [1.29, 1.82) is 0 Å². The number of amides is 2. The standard InChI is InChI=1S/C36H53N3O5/c1-22-13-12-14-27(19-22)31(24(3)23(2)17-18-38-34(42)44-36(9,10)11)32(40)39-29-15-16-30(28(20-29)21-37)25(4)26(5)33(41)43-35(6,7)8/h12-16,19-21,23-26,31,37H,17-18H2,1-11H3,(H,38,42)(H,39,40)/p+1/t23?,24?,25?,26-,31?/m1/s1. The third-order valence-electron chi connectivity index (χ3n) is 7.93. The molecule has 0 aliphatic rings. The lowest BCUT2D eigenvalue weighted by Crippen LogP contribution is -2.35. The van der Waals surface area contributed by atoms with Gasteiger partial charge in [0, 0.05) is 17.8 Å². The van der Waals surface area contributed by atoms with Crippen LogP contribution in [0.1, 0.15) is 110 Å². The molecule has 0 bridgehead atoms. The fourth-order valence-corrected chi connectivity index (χ4v) is 5.16. The Labute approximate surface area is 264 Å². The number of esters is 1. The summed E-state index contributed by atoms with van der Waals surface area (Å²) in [6.45, 7) is 21.5. The Hall–Kier alpha value is -3.68. The van der Waals surface area contributed by atoms with Gasteiger partial charge in [0.05, 0.1) is 11.8 Å². The van der Waals surface area contributed by atoms with Gasteiger partial charge in [-0.2, -0.15) is 0 Å². The van der Waals surface area contributed by atoms with E-state index in [9.17, 15) is 14.4 Å². The van der Waals surface area contributed by atoms with E-state index in [0.29, 0.717) is 18.7 Å². The molecule has 4 unspecified atom stereocenters. The van der Waals surface area contributed by atoms with Gasteiger partial charge >= 0.3 is 12.1 Å². The third-order valence-corrected chi connectivity index (χ3v) is 7.93. The second kappa shape index (κ2) is 15.4. The number of benzene rings is 2. The van der Waals surface area contributed by atoms with Crippen LogP contribution in [0.3, 0.4) is 0 Å². The van der Waals surface area contributed by atoms with E-state index < -0.39 is 23.2 Å². The lowest BCUT2D eigenvalue weighted by Gasteiger charge is -2.29. The largest absolute Gasteiger partial charge is 0.460 e. The molecule has 0 spiro atoms. The first-order valence-electron chi connectivity index (χ1n) is 15.6. The first-order chi connectivity index (χ1) is 20.3. The predicted molar refractivity (Wildman–Crippen MR) is 177 cm³/mol. The van der Waals surface area contributed by atoms with Gasteiger partial charge in [0.25, 0.3) is 0 Å². The zero-order chi connectivity index (χ0) is 33.4. The van der Waals surface area contributed by atoms with Crippen LogP contribution in [0.15, 0.2) is 42.5 Å². The minimum absolute atomic E-state index is 0.0354. The second-order valence-electron chi connectivity index (χ2n) is 14.1. The van der Waals surface area contributed by atoms with Crippen LogP contribution in [0.5, 0.6) is 0 Å². The van der Waals surface area contributed by atoms with Crippen LogP contribution in [-0.4, -0.2) is 41.9 Å². The van der Waals surface area contributed by atoms with E-state index in [1.807, 2.05) is 105 Å². The zero-order valence-electron chi connectivity index (χ0n) is 28.5. The molecule has 0 saturated heterocycles. The fraction of sp³-hybridized carbons (Fsp3) is 0.556. The number of carbonyl (C=O) groups is 3. The maximum Gasteiger partial charge on any atom is 0.407 e. The Balaban J connectivity index is 2.26. The maximum atomic E-state index is 14.0. The smallest absolute Gasteiger partial charge is 0.407 e. The Morgan fingerprint density at radius 1 is 0.909 bits per heavy atom. The molecular formula is C36H54N3O5+. The summed E-state index contributed by atoms with van der Waals surface area (Å²) in [5.74, 6) is -1.27. The van der Waals surface area contributed by atoms with Gasteiger partial charge in [-0.3, -0.25) is 15.0 Å². The van der Waals surface area contributed by atoms with Crippen molar-refractivity contribution in [2.75, 3.05) is 11.9 Å². The number of aryl methyl sites for hydroxylation is 1. The molecule has 0 aliphatic heterocycles. The highest BCUT2D eigenvalue weighted by Gasteiger charge is 2.32. The normalized spacial score (nSPS) is 15.2. The molecule has 0 heterocycles. The quantitative estimate of drug-likeness (QED) is 0.197. The molecule has 8 nitrogen and oxygen atoms in total. The van der Waals surface area contributed by atoms with Crippen molar-refractivity contribution < 1.29 is 29.3 Å². The molecule has 0 aliphatic carbocycles. The average Bonchev–Trinajstić information content (AvgIpc) is 2.90. The summed E-state index contributed by atoms with van der Waals surface area (Å²) in [7, 11) is 0. The van der Waals surface area contributed by atoms with E-state index in [0.717, 1.165) is 22.3 Å². The van der Waals surface area contributed by atoms with E-state index in [1.165, 1.54) is 6.21 Å². The van der Waals surface area contributed by atoms with Crippen LogP contribution in [-0.2, 0) is 19.1 Å². The molecule has 5 atom stereocenters. The summed E-state index contributed by atoms with van der Waals surface area (Å²) in [6.07, 6.45) is 1.74. The lowest BCUT2D eigenvalue weighted by atomic mass is 9.77. The topological polar surface area (TPSA) is 119 Å². The molecule has 2 amide bonds. The van der Waals surface area contributed by atoms with Crippen molar-refractivity contribution in [3.63, 3.8) is 0 Å². The van der Waals surface area contributed by atoms with Gasteiger partial charge in [-0.05, 0) is 95.9 Å². The van der Waals surface area contributed by atoms with Gasteiger partial charge in [0.15, 0.2) is 6.21 Å². The highest BCUT2D eigenvalue weighted by molar-refractivity contribution is 5.97. The monoisotopic (exact) mass is 608 g/mol. The van der Waals surface area contributed by atoms with Crippen LogP contribution >= 0.6 is 0 Å². The summed E-state index contributed by atoms with van der Waals surface area (Å²) in [6, 6.07) is 13.6. The second-order valence-corrected chi connectivity index (χ2v) is 14.1. The summed E-state index contributed by atoms with van der Waals surface area (Å²) >= 11 is 0. The van der Waals surface area contributed by atoms with E-state index >= 15 is 0 Å². The van der Waals surface area contributed by atoms with Crippen molar-refractivity contribution >= 4 is 29.9 Å². The first kappa shape index (κ1) is 36.5. The number of nitrogens with two attached hydrogens (primary N) is 1. The van der Waals surface area contributed by atoms with E-state index in [-0.39, 0.29) is 35.5 Å². The molecule has 242 valence electrons. The van der Waals surface area contributed by atoms with Crippen LogP contribution < -0.4 is 16.0 Å². The number of alkyl carbamates (subject to hydrolysis) is 1. The molecule has 2 rings (SSSR count). The van der Waals surface area contributed by atoms with E-state index in [1.54, 1.807) is 0 Å². The molecule has 0 aromatic heterocycles. The summed E-state index contributed by atoms with van der Waals surface area (Å²) < 4.78 is 11.0. The first-order valence-corrected chi connectivity index (χ1v) is 15.6. The van der Waals surface area contributed by atoms with Gasteiger partial charge in [-0.15, -0.1) is 0 Å². The number of anilines is 1. The van der Waals surface area contributed by atoms with Crippen LogP contribution in [0, 0.1) is 24.7 Å². The molecule has 4 N–H and O–H groups in total. The zero-order valence-corrected chi connectivity index (χ0v) is 28.5. The molecule has 0 fully saturated rings. The minimum atomic E-state index is -0.570. The van der Waals surface area contributed by atoms with Crippen LogP contribution in [0.2, 0.25) is 0 Å². The molecule has 2 aromatic rings. The van der Waals surface area contributed by atoms with Crippen LogP contribution in [0.4, 0.5) is 10.5 Å². The predicted octanol–water partition coefficient (Wildman–Crippen LogP) is 6.16. The number of nitrogens with one attached hydrogen (secondary N) is 2. The van der Waals surface area contributed by atoms with Crippen molar-refractivity contribution in [3.8, 4) is 0 Å². The third kappa shape index (κ3) is 11.1. The fourth-order valence-electron chi connectivity index (χ4n) is 5.16. The molecule has 8 heteroatoms. The SMILES string of the molecule is Cc1cccc(C(C(=O)Nc2ccc(C(C)[C@@H](C)C(=O)OC(C)(C)C)c(C=[NH2+])c2)C(C)C(C)CCNC(=O)OC(C)(C)C)c1. The Kier molecular flexibility index (Phi) is 12.7. The number of hydrogen-bond acceptors (Lipinski definition) is 5.